The van der Waals surface area contributed by atoms with Gasteiger partial charge in [0.05, 0.1) is 11.1 Å². The Morgan fingerprint density at radius 3 is 2.31 bits per heavy atom. The second-order valence-corrected chi connectivity index (χ2v) is 7.67. The molecule has 2 N–H and O–H groups in total. The van der Waals surface area contributed by atoms with Crippen molar-refractivity contribution in [3.8, 4) is 0 Å². The van der Waals surface area contributed by atoms with Gasteiger partial charge in [-0.15, -0.1) is 0 Å². The Hall–Kier alpha value is -3.69. The van der Waals surface area contributed by atoms with E-state index < -0.39 is 29.8 Å². The van der Waals surface area contributed by atoms with Crippen LogP contribution in [0.4, 0.5) is 18.9 Å². The molecule has 0 fully saturated rings. The number of halogens is 3. The summed E-state index contributed by atoms with van der Waals surface area (Å²) in [5.74, 6) is -3.53. The van der Waals surface area contributed by atoms with E-state index >= 15 is 0 Å². The molecule has 4 amide bonds. The van der Waals surface area contributed by atoms with E-state index in [1.807, 2.05) is 13.8 Å². The Bertz CT molecular complexity index is 1100. The Morgan fingerprint density at radius 1 is 1.00 bits per heavy atom. The zero-order valence-electron chi connectivity index (χ0n) is 17.2. The number of nitrogens with one attached hydrogen (secondary N) is 2. The van der Waals surface area contributed by atoms with Crippen LogP contribution in [0, 0.1) is 5.92 Å². The molecule has 0 radical (unpaired) electrons. The van der Waals surface area contributed by atoms with E-state index in [0.29, 0.717) is 0 Å². The molecule has 10 heteroatoms. The number of rotatable bonds is 6. The van der Waals surface area contributed by atoms with Crippen molar-refractivity contribution in [1.82, 2.24) is 10.2 Å². The van der Waals surface area contributed by atoms with Crippen molar-refractivity contribution >= 4 is 29.3 Å². The molecule has 0 aliphatic carbocycles. The highest BCUT2D eigenvalue weighted by Gasteiger charge is 2.39. The van der Waals surface area contributed by atoms with Crippen LogP contribution in [0.25, 0.3) is 0 Å². The number of imide groups is 1. The van der Waals surface area contributed by atoms with Crippen molar-refractivity contribution in [2.45, 2.75) is 26.6 Å². The maximum atomic E-state index is 12.6. The molecule has 0 saturated heterocycles. The lowest BCUT2D eigenvalue weighted by atomic mass is 10.1. The third-order valence-electron chi connectivity index (χ3n) is 4.74. The van der Waals surface area contributed by atoms with Crippen LogP contribution >= 0.6 is 0 Å². The first-order chi connectivity index (χ1) is 15.0. The summed E-state index contributed by atoms with van der Waals surface area (Å²) in [5, 5.41) is 4.32. The van der Waals surface area contributed by atoms with Gasteiger partial charge in [0.15, 0.2) is 0 Å². The van der Waals surface area contributed by atoms with Crippen LogP contribution in [0.2, 0.25) is 0 Å². The standard InChI is InChI=1S/C22H20F3N3O4/c1-12(2)11-28-19(30)15-8-7-13(9-16(15)20(28)31)18(29)26-10-14-5-3-4-6-17(14)27-21(32)22(23,24)25/h3-9,12H,10-11H2,1-2H3,(H,26,29)(H,27,32). The van der Waals surface area contributed by atoms with Gasteiger partial charge in [-0.1, -0.05) is 32.0 Å². The van der Waals surface area contributed by atoms with Crippen molar-refractivity contribution in [3.05, 3.63) is 64.7 Å². The maximum Gasteiger partial charge on any atom is 0.471 e. The Balaban J connectivity index is 1.73. The normalized spacial score (nSPS) is 13.4. The molecule has 2 aromatic carbocycles. The van der Waals surface area contributed by atoms with E-state index in [4.69, 9.17) is 0 Å². The van der Waals surface area contributed by atoms with Crippen LogP contribution < -0.4 is 10.6 Å². The summed E-state index contributed by atoms with van der Waals surface area (Å²) in [4.78, 5) is 49.9. The number of para-hydroxylation sites is 1. The number of fused-ring (bicyclic) bond motifs is 1. The number of benzene rings is 2. The van der Waals surface area contributed by atoms with Gasteiger partial charge >= 0.3 is 12.1 Å². The van der Waals surface area contributed by atoms with Crippen LogP contribution in [-0.4, -0.2) is 41.2 Å². The number of carbonyl (C=O) groups is 4. The van der Waals surface area contributed by atoms with E-state index in [1.54, 1.807) is 11.4 Å². The summed E-state index contributed by atoms with van der Waals surface area (Å²) in [6.45, 7) is 3.83. The molecular formula is C22H20F3N3O4. The quantitative estimate of drug-likeness (QED) is 0.664. The minimum atomic E-state index is -5.05. The lowest BCUT2D eigenvalue weighted by molar-refractivity contribution is -0.167. The molecule has 3 rings (SSSR count). The molecule has 1 aliphatic rings. The van der Waals surface area contributed by atoms with Crippen LogP contribution in [0.15, 0.2) is 42.5 Å². The molecule has 1 heterocycles. The maximum absolute atomic E-state index is 12.6. The minimum Gasteiger partial charge on any atom is -0.348 e. The lowest BCUT2D eigenvalue weighted by Gasteiger charge is -2.15. The van der Waals surface area contributed by atoms with E-state index in [-0.39, 0.29) is 46.9 Å². The number of nitrogens with zero attached hydrogens (tertiary/aromatic N) is 1. The molecule has 7 nitrogen and oxygen atoms in total. The van der Waals surface area contributed by atoms with Crippen molar-refractivity contribution in [3.63, 3.8) is 0 Å². The number of alkyl halides is 3. The monoisotopic (exact) mass is 447 g/mol. The highest BCUT2D eigenvalue weighted by Crippen LogP contribution is 2.25. The van der Waals surface area contributed by atoms with Gasteiger partial charge in [0.2, 0.25) is 0 Å². The molecule has 0 aromatic heterocycles. The van der Waals surface area contributed by atoms with Gasteiger partial charge in [-0.25, -0.2) is 0 Å². The molecule has 0 bridgehead atoms. The second kappa shape index (κ2) is 8.81. The van der Waals surface area contributed by atoms with Gasteiger partial charge in [-0.3, -0.25) is 24.1 Å². The number of hydrogen-bond donors (Lipinski definition) is 2. The zero-order valence-corrected chi connectivity index (χ0v) is 17.2. The Kier molecular flexibility index (Phi) is 6.33. The lowest BCUT2D eigenvalue weighted by Crippen LogP contribution is -2.33. The summed E-state index contributed by atoms with van der Waals surface area (Å²) in [5.41, 5.74) is 0.629. The molecule has 168 valence electrons. The van der Waals surface area contributed by atoms with Crippen molar-refractivity contribution in [1.29, 1.82) is 0 Å². The summed E-state index contributed by atoms with van der Waals surface area (Å²) in [6, 6.07) is 9.87. The summed E-state index contributed by atoms with van der Waals surface area (Å²) < 4.78 is 37.6. The van der Waals surface area contributed by atoms with E-state index in [9.17, 15) is 32.3 Å². The average Bonchev–Trinajstić information content (AvgIpc) is 2.96. The van der Waals surface area contributed by atoms with Crippen LogP contribution in [0.1, 0.15) is 50.5 Å². The molecule has 0 unspecified atom stereocenters. The topological polar surface area (TPSA) is 95.6 Å². The molecule has 32 heavy (non-hydrogen) atoms. The SMILES string of the molecule is CC(C)CN1C(=O)c2ccc(C(=O)NCc3ccccc3NC(=O)C(F)(F)F)cc2C1=O. The number of hydrogen-bond acceptors (Lipinski definition) is 4. The van der Waals surface area contributed by atoms with Crippen LogP contribution in [0.3, 0.4) is 0 Å². The summed E-state index contributed by atoms with van der Waals surface area (Å²) in [6.07, 6.45) is -5.05. The molecule has 0 atom stereocenters. The number of carbonyl (C=O) groups excluding carboxylic acids is 4. The van der Waals surface area contributed by atoms with Gasteiger partial charge < -0.3 is 10.6 Å². The second-order valence-electron chi connectivity index (χ2n) is 7.67. The third kappa shape index (κ3) is 4.79. The van der Waals surface area contributed by atoms with Gasteiger partial charge in [0.25, 0.3) is 17.7 Å². The fraction of sp³-hybridized carbons (Fsp3) is 0.273. The van der Waals surface area contributed by atoms with Gasteiger partial charge in [0.1, 0.15) is 0 Å². The van der Waals surface area contributed by atoms with Crippen molar-refractivity contribution in [2.24, 2.45) is 5.92 Å². The van der Waals surface area contributed by atoms with Gasteiger partial charge in [0, 0.05) is 24.3 Å². The van der Waals surface area contributed by atoms with E-state index in [2.05, 4.69) is 5.32 Å². The zero-order chi connectivity index (χ0) is 23.6. The predicted molar refractivity (Wildman–Crippen MR) is 109 cm³/mol. The summed E-state index contributed by atoms with van der Waals surface area (Å²) >= 11 is 0. The largest absolute Gasteiger partial charge is 0.471 e. The predicted octanol–water partition coefficient (Wildman–Crippen LogP) is 3.37. The highest BCUT2D eigenvalue weighted by atomic mass is 19.4. The Morgan fingerprint density at radius 2 is 1.66 bits per heavy atom. The summed E-state index contributed by atoms with van der Waals surface area (Å²) in [7, 11) is 0. The highest BCUT2D eigenvalue weighted by molar-refractivity contribution is 6.22. The van der Waals surface area contributed by atoms with Gasteiger partial charge in [-0.05, 0) is 35.7 Å². The first kappa shape index (κ1) is 23.0. The minimum absolute atomic E-state index is 0.0814. The van der Waals surface area contributed by atoms with Crippen LogP contribution in [-0.2, 0) is 11.3 Å². The molecule has 0 spiro atoms. The molecular weight excluding hydrogens is 427 g/mol. The molecule has 2 aromatic rings. The van der Waals surface area contributed by atoms with Gasteiger partial charge in [-0.2, -0.15) is 13.2 Å². The first-order valence-electron chi connectivity index (χ1n) is 9.73. The molecule has 0 saturated carbocycles. The fourth-order valence-corrected chi connectivity index (χ4v) is 3.23. The Labute approximate surface area is 181 Å². The van der Waals surface area contributed by atoms with Crippen molar-refractivity contribution in [2.75, 3.05) is 11.9 Å². The number of amides is 4. The number of anilines is 1. The smallest absolute Gasteiger partial charge is 0.348 e. The first-order valence-corrected chi connectivity index (χ1v) is 9.73. The van der Waals surface area contributed by atoms with Crippen molar-refractivity contribution < 1.29 is 32.3 Å². The van der Waals surface area contributed by atoms with E-state index in [1.165, 1.54) is 36.4 Å². The molecule has 1 aliphatic heterocycles. The van der Waals surface area contributed by atoms with Crippen LogP contribution in [0.5, 0.6) is 0 Å². The third-order valence-corrected chi connectivity index (χ3v) is 4.74. The fourth-order valence-electron chi connectivity index (χ4n) is 3.23. The van der Waals surface area contributed by atoms with E-state index in [0.717, 1.165) is 4.90 Å². The average molecular weight is 447 g/mol.